The van der Waals surface area contributed by atoms with Crippen LogP contribution in [0.25, 0.3) is 22.4 Å². The molecule has 2 aromatic carbocycles. The summed E-state index contributed by atoms with van der Waals surface area (Å²) in [6.45, 7) is 0. The molecule has 0 unspecified atom stereocenters. The second-order valence-corrected chi connectivity index (χ2v) is 6.58. The van der Waals surface area contributed by atoms with Crippen LogP contribution in [0.2, 0.25) is 0 Å². The average Bonchev–Trinajstić information content (AvgIpc) is 2.71. The Balaban J connectivity index is 2.12. The minimum Gasteiger partial charge on any atom is -0.494 e. The van der Waals surface area contributed by atoms with Crippen molar-refractivity contribution in [1.82, 2.24) is 4.98 Å². The van der Waals surface area contributed by atoms with E-state index in [-0.39, 0.29) is 28.1 Å². The molecule has 1 heterocycles. The summed E-state index contributed by atoms with van der Waals surface area (Å²) < 4.78 is 128. The lowest BCUT2D eigenvalue weighted by molar-refractivity contribution is -0.275. The van der Waals surface area contributed by atoms with Crippen molar-refractivity contribution < 1.29 is 53.7 Å². The van der Waals surface area contributed by atoms with Crippen molar-refractivity contribution in [3.63, 3.8) is 0 Å². The molecule has 0 spiro atoms. The summed E-state index contributed by atoms with van der Waals surface area (Å²) in [4.78, 5) is 3.55. The van der Waals surface area contributed by atoms with Crippen molar-refractivity contribution >= 4 is 0 Å². The zero-order valence-electron chi connectivity index (χ0n) is 16.8. The molecule has 0 amide bonds. The van der Waals surface area contributed by atoms with Gasteiger partial charge in [0, 0.05) is 11.1 Å². The first-order valence-corrected chi connectivity index (χ1v) is 9.05. The minimum atomic E-state index is -4.97. The van der Waals surface area contributed by atoms with Gasteiger partial charge in [0.2, 0.25) is 0 Å². The number of rotatable bonds is 5. The number of hydrogen-bond donors (Lipinski definition) is 0. The van der Waals surface area contributed by atoms with E-state index in [1.807, 2.05) is 0 Å². The van der Waals surface area contributed by atoms with Crippen molar-refractivity contribution in [3.8, 4) is 39.6 Å². The minimum absolute atomic E-state index is 0.0317. The Bertz CT molecular complexity index is 1060. The predicted molar refractivity (Wildman–Crippen MR) is 100 cm³/mol. The molecule has 0 atom stereocenters. The first-order valence-electron chi connectivity index (χ1n) is 9.05. The van der Waals surface area contributed by atoms with Gasteiger partial charge in [-0.1, -0.05) is 12.1 Å². The standard InChI is InChI=1S/C21H12F9NO3/c1-32-18-15(11-2-6-13(7-3-11)33-20(25,26)27)10-16(19(22,23)24)31-17(18)12-4-8-14(9-5-12)34-21(28,29)30/h2-10H,1H3. The molecule has 1 aromatic heterocycles. The summed E-state index contributed by atoms with van der Waals surface area (Å²) in [5.74, 6) is -1.40. The molecule has 182 valence electrons. The number of benzene rings is 2. The molecule has 0 N–H and O–H groups in total. The van der Waals surface area contributed by atoms with Gasteiger partial charge in [0.25, 0.3) is 0 Å². The molecule has 0 aliphatic rings. The summed E-state index contributed by atoms with van der Waals surface area (Å²) in [5, 5.41) is 0. The summed E-state index contributed by atoms with van der Waals surface area (Å²) >= 11 is 0. The van der Waals surface area contributed by atoms with Gasteiger partial charge in [0.1, 0.15) is 22.9 Å². The Morgan fingerprint density at radius 1 is 0.647 bits per heavy atom. The first-order chi connectivity index (χ1) is 15.7. The molecule has 13 heteroatoms. The Morgan fingerprint density at radius 2 is 1.09 bits per heavy atom. The molecular formula is C21H12F9NO3. The van der Waals surface area contributed by atoms with Crippen LogP contribution in [-0.2, 0) is 6.18 Å². The van der Waals surface area contributed by atoms with Gasteiger partial charge in [-0.2, -0.15) is 13.2 Å². The van der Waals surface area contributed by atoms with Crippen molar-refractivity contribution in [2.24, 2.45) is 0 Å². The normalized spacial score (nSPS) is 12.4. The van der Waals surface area contributed by atoms with Gasteiger partial charge in [-0.25, -0.2) is 4.98 Å². The Morgan fingerprint density at radius 3 is 1.47 bits per heavy atom. The van der Waals surface area contributed by atoms with E-state index in [9.17, 15) is 39.5 Å². The highest BCUT2D eigenvalue weighted by molar-refractivity contribution is 5.81. The number of alkyl halides is 9. The van der Waals surface area contributed by atoms with E-state index in [1.54, 1.807) is 0 Å². The maximum atomic E-state index is 13.5. The fourth-order valence-corrected chi connectivity index (χ4v) is 2.95. The van der Waals surface area contributed by atoms with Crippen molar-refractivity contribution in [3.05, 3.63) is 60.3 Å². The van der Waals surface area contributed by atoms with Crippen LogP contribution in [0.15, 0.2) is 54.6 Å². The predicted octanol–water partition coefficient (Wildman–Crippen LogP) is 7.24. The third kappa shape index (κ3) is 6.23. The highest BCUT2D eigenvalue weighted by Gasteiger charge is 2.35. The largest absolute Gasteiger partial charge is 0.573 e. The molecule has 0 bridgehead atoms. The van der Waals surface area contributed by atoms with Crippen LogP contribution >= 0.6 is 0 Å². The van der Waals surface area contributed by atoms with Crippen LogP contribution in [-0.4, -0.2) is 24.8 Å². The van der Waals surface area contributed by atoms with E-state index >= 15 is 0 Å². The van der Waals surface area contributed by atoms with Gasteiger partial charge in [0.05, 0.1) is 7.11 Å². The third-order valence-corrected chi connectivity index (χ3v) is 4.23. The summed E-state index contributed by atoms with van der Waals surface area (Å²) in [6.07, 6.45) is -14.9. The number of methoxy groups -OCH3 is 1. The molecule has 3 aromatic rings. The third-order valence-electron chi connectivity index (χ3n) is 4.23. The quantitative estimate of drug-likeness (QED) is 0.349. The molecule has 4 nitrogen and oxygen atoms in total. The molecule has 0 radical (unpaired) electrons. The van der Waals surface area contributed by atoms with E-state index in [0.29, 0.717) is 6.07 Å². The SMILES string of the molecule is COc1c(-c2ccc(OC(F)(F)F)cc2)cc(C(F)(F)F)nc1-c1ccc(OC(F)(F)F)cc1. The number of pyridine rings is 1. The van der Waals surface area contributed by atoms with Gasteiger partial charge in [-0.3, -0.25) is 0 Å². The Kier molecular flexibility index (Phi) is 6.58. The summed E-state index contributed by atoms with van der Waals surface area (Å²) in [7, 11) is 1.12. The molecule has 0 saturated heterocycles. The molecule has 3 rings (SSSR count). The second-order valence-electron chi connectivity index (χ2n) is 6.58. The van der Waals surface area contributed by atoms with Gasteiger partial charge in [-0.05, 0) is 48.0 Å². The molecule has 0 aliphatic carbocycles. The van der Waals surface area contributed by atoms with E-state index in [0.717, 1.165) is 55.6 Å². The van der Waals surface area contributed by atoms with E-state index in [1.165, 1.54) is 0 Å². The fraction of sp³-hybridized carbons (Fsp3) is 0.190. The van der Waals surface area contributed by atoms with Crippen LogP contribution < -0.4 is 14.2 Å². The molecule has 0 saturated carbocycles. The maximum Gasteiger partial charge on any atom is 0.573 e. The Hall–Kier alpha value is -3.64. The van der Waals surface area contributed by atoms with Crippen LogP contribution in [0.1, 0.15) is 5.69 Å². The highest BCUT2D eigenvalue weighted by atomic mass is 19.4. The lowest BCUT2D eigenvalue weighted by Gasteiger charge is -2.17. The van der Waals surface area contributed by atoms with E-state index < -0.39 is 36.1 Å². The summed E-state index contributed by atoms with van der Waals surface area (Å²) in [5.41, 5.74) is -1.88. The maximum absolute atomic E-state index is 13.5. The second kappa shape index (κ2) is 8.95. The molecule has 34 heavy (non-hydrogen) atoms. The van der Waals surface area contributed by atoms with Gasteiger partial charge in [0.15, 0.2) is 5.75 Å². The van der Waals surface area contributed by atoms with Crippen LogP contribution in [0.4, 0.5) is 39.5 Å². The zero-order chi connectivity index (χ0) is 25.3. The topological polar surface area (TPSA) is 40.6 Å². The van der Waals surface area contributed by atoms with Crippen molar-refractivity contribution in [2.45, 2.75) is 18.9 Å². The number of aromatic nitrogens is 1. The van der Waals surface area contributed by atoms with Crippen LogP contribution in [0.5, 0.6) is 17.2 Å². The van der Waals surface area contributed by atoms with E-state index in [4.69, 9.17) is 4.74 Å². The van der Waals surface area contributed by atoms with E-state index in [2.05, 4.69) is 14.5 Å². The molecule has 0 fully saturated rings. The zero-order valence-corrected chi connectivity index (χ0v) is 16.8. The van der Waals surface area contributed by atoms with Gasteiger partial charge in [-0.15, -0.1) is 26.3 Å². The number of hydrogen-bond acceptors (Lipinski definition) is 4. The monoisotopic (exact) mass is 497 g/mol. The highest BCUT2D eigenvalue weighted by Crippen LogP contribution is 2.42. The smallest absolute Gasteiger partial charge is 0.494 e. The lowest BCUT2D eigenvalue weighted by Crippen LogP contribution is -2.17. The Labute approximate surface area is 185 Å². The van der Waals surface area contributed by atoms with Crippen molar-refractivity contribution in [1.29, 1.82) is 0 Å². The van der Waals surface area contributed by atoms with Crippen LogP contribution in [0, 0.1) is 0 Å². The lowest BCUT2D eigenvalue weighted by atomic mass is 10.00. The molecular weight excluding hydrogens is 485 g/mol. The fourth-order valence-electron chi connectivity index (χ4n) is 2.95. The number of halogens is 9. The first kappa shape index (κ1) is 25.0. The van der Waals surface area contributed by atoms with Gasteiger partial charge < -0.3 is 14.2 Å². The number of ether oxygens (including phenoxy) is 3. The van der Waals surface area contributed by atoms with Gasteiger partial charge >= 0.3 is 18.9 Å². The average molecular weight is 497 g/mol. The summed E-state index contributed by atoms with van der Waals surface area (Å²) in [6, 6.07) is 8.49. The van der Waals surface area contributed by atoms with Crippen molar-refractivity contribution in [2.75, 3.05) is 7.11 Å². The molecule has 0 aliphatic heterocycles. The van der Waals surface area contributed by atoms with Crippen LogP contribution in [0.3, 0.4) is 0 Å². The number of nitrogens with zero attached hydrogens (tertiary/aromatic N) is 1.